The van der Waals surface area contributed by atoms with E-state index in [2.05, 4.69) is 10.4 Å². The molecule has 1 fully saturated rings. The van der Waals surface area contributed by atoms with E-state index in [1.807, 2.05) is 19.2 Å². The smallest absolute Gasteiger partial charge is 0.287 e. The number of hydrogen-bond acceptors (Lipinski definition) is 4. The van der Waals surface area contributed by atoms with Gasteiger partial charge < -0.3 is 14.6 Å². The third-order valence-corrected chi connectivity index (χ3v) is 5.50. The Kier molecular flexibility index (Phi) is 5.15. The van der Waals surface area contributed by atoms with Gasteiger partial charge in [-0.25, -0.2) is 9.07 Å². The van der Waals surface area contributed by atoms with Crippen LogP contribution in [0.4, 0.5) is 4.39 Å². The Morgan fingerprint density at radius 3 is 2.70 bits per heavy atom. The van der Waals surface area contributed by atoms with Gasteiger partial charge >= 0.3 is 0 Å². The van der Waals surface area contributed by atoms with Crippen molar-refractivity contribution in [1.29, 1.82) is 0 Å². The van der Waals surface area contributed by atoms with E-state index in [0.717, 1.165) is 16.8 Å². The van der Waals surface area contributed by atoms with E-state index in [4.69, 9.17) is 4.42 Å². The summed E-state index contributed by atoms with van der Waals surface area (Å²) in [4.78, 5) is 26.6. The van der Waals surface area contributed by atoms with Crippen LogP contribution < -0.4 is 5.32 Å². The summed E-state index contributed by atoms with van der Waals surface area (Å²) in [6, 6.07) is 7.62. The Bertz CT molecular complexity index is 1090. The lowest BCUT2D eigenvalue weighted by atomic mass is 9.95. The molecule has 2 atom stereocenters. The molecular weight excluding hydrogens is 387 g/mol. The SMILES string of the molecule is Cc1cc(C)c(C(=O)NC[C@@H]2CC(=O)N(C)[C@H]2c2cnn(-c3ccc(F)cc3)c2)o1. The number of amides is 2. The Morgan fingerprint density at radius 1 is 1.30 bits per heavy atom. The zero-order valence-electron chi connectivity index (χ0n) is 17.1. The van der Waals surface area contributed by atoms with Gasteiger partial charge in [0.1, 0.15) is 11.6 Å². The fourth-order valence-corrected chi connectivity index (χ4v) is 4.03. The van der Waals surface area contributed by atoms with E-state index in [-0.39, 0.29) is 29.6 Å². The Balaban J connectivity index is 1.51. The van der Waals surface area contributed by atoms with Crippen molar-refractivity contribution in [3.05, 3.63) is 71.2 Å². The molecular formula is C22H23FN4O3. The number of aromatic nitrogens is 2. The molecule has 3 heterocycles. The van der Waals surface area contributed by atoms with Crippen molar-refractivity contribution >= 4 is 11.8 Å². The summed E-state index contributed by atoms with van der Waals surface area (Å²) in [6.07, 6.45) is 3.87. The molecule has 156 valence electrons. The van der Waals surface area contributed by atoms with E-state index in [0.29, 0.717) is 24.5 Å². The Labute approximate surface area is 173 Å². The molecule has 7 nitrogen and oxygen atoms in total. The second-order valence-electron chi connectivity index (χ2n) is 7.69. The molecule has 1 aromatic carbocycles. The number of rotatable bonds is 5. The minimum atomic E-state index is -0.315. The maximum Gasteiger partial charge on any atom is 0.287 e. The van der Waals surface area contributed by atoms with Crippen LogP contribution >= 0.6 is 0 Å². The van der Waals surface area contributed by atoms with Crippen molar-refractivity contribution in [2.45, 2.75) is 26.3 Å². The van der Waals surface area contributed by atoms with Crippen LogP contribution in [0.5, 0.6) is 0 Å². The number of benzene rings is 1. The van der Waals surface area contributed by atoms with Crippen molar-refractivity contribution in [2.75, 3.05) is 13.6 Å². The molecule has 1 N–H and O–H groups in total. The van der Waals surface area contributed by atoms with Gasteiger partial charge in [-0.1, -0.05) is 0 Å². The molecule has 2 amide bonds. The maximum atomic E-state index is 13.2. The molecule has 4 rings (SSSR count). The second kappa shape index (κ2) is 7.78. The van der Waals surface area contributed by atoms with E-state index in [1.54, 1.807) is 41.9 Å². The summed E-state index contributed by atoms with van der Waals surface area (Å²) in [5.74, 6) is 0.284. The second-order valence-corrected chi connectivity index (χ2v) is 7.69. The standard InChI is InChI=1S/C22H23FN4O3/c1-13-8-14(2)30-21(13)22(29)24-10-15-9-19(28)26(3)20(15)16-11-25-27(12-16)18-6-4-17(23)5-7-18/h4-8,11-12,15,20H,9-10H2,1-3H3,(H,24,29)/t15-,20+/m0/s1. The van der Waals surface area contributed by atoms with Crippen molar-refractivity contribution in [2.24, 2.45) is 5.92 Å². The molecule has 0 aliphatic carbocycles. The van der Waals surface area contributed by atoms with Gasteiger partial charge in [0, 0.05) is 43.3 Å². The zero-order chi connectivity index (χ0) is 21.4. The van der Waals surface area contributed by atoms with Crippen LogP contribution in [0.25, 0.3) is 5.69 Å². The van der Waals surface area contributed by atoms with Gasteiger partial charge in [-0.2, -0.15) is 5.10 Å². The number of halogens is 1. The monoisotopic (exact) mass is 410 g/mol. The van der Waals surface area contributed by atoms with Gasteiger partial charge in [-0.05, 0) is 44.2 Å². The third-order valence-electron chi connectivity index (χ3n) is 5.50. The number of nitrogens with zero attached hydrogens (tertiary/aromatic N) is 3. The molecule has 0 radical (unpaired) electrons. The molecule has 0 spiro atoms. The topological polar surface area (TPSA) is 80.4 Å². The van der Waals surface area contributed by atoms with Crippen LogP contribution in [0, 0.1) is 25.6 Å². The van der Waals surface area contributed by atoms with Crippen molar-refractivity contribution in [3.8, 4) is 5.69 Å². The highest BCUT2D eigenvalue weighted by atomic mass is 19.1. The highest BCUT2D eigenvalue weighted by molar-refractivity contribution is 5.93. The normalized spacial score (nSPS) is 18.8. The minimum absolute atomic E-state index is 0.0128. The lowest BCUT2D eigenvalue weighted by molar-refractivity contribution is -0.127. The first kappa shape index (κ1) is 19.9. The summed E-state index contributed by atoms with van der Waals surface area (Å²) in [5, 5.41) is 7.27. The van der Waals surface area contributed by atoms with Crippen LogP contribution in [0.2, 0.25) is 0 Å². The molecule has 1 saturated heterocycles. The molecule has 8 heteroatoms. The van der Waals surface area contributed by atoms with Gasteiger partial charge in [0.25, 0.3) is 5.91 Å². The highest BCUT2D eigenvalue weighted by Gasteiger charge is 2.39. The molecule has 2 aromatic heterocycles. The number of likely N-dealkylation sites (tertiary alicyclic amines) is 1. The van der Waals surface area contributed by atoms with E-state index < -0.39 is 0 Å². The molecule has 1 aliphatic heterocycles. The van der Waals surface area contributed by atoms with Gasteiger partial charge in [0.05, 0.1) is 17.9 Å². The van der Waals surface area contributed by atoms with E-state index in [1.165, 1.54) is 12.1 Å². The minimum Gasteiger partial charge on any atom is -0.456 e. The predicted octanol–water partition coefficient (Wildman–Crippen LogP) is 3.17. The molecule has 1 aliphatic rings. The number of hydrogen-bond donors (Lipinski definition) is 1. The molecule has 0 bridgehead atoms. The Hall–Kier alpha value is -3.42. The lowest BCUT2D eigenvalue weighted by Crippen LogP contribution is -2.32. The lowest BCUT2D eigenvalue weighted by Gasteiger charge is -2.24. The van der Waals surface area contributed by atoms with Crippen LogP contribution in [-0.4, -0.2) is 40.1 Å². The first-order chi connectivity index (χ1) is 14.3. The van der Waals surface area contributed by atoms with Crippen LogP contribution in [-0.2, 0) is 4.79 Å². The fraction of sp³-hybridized carbons (Fsp3) is 0.318. The predicted molar refractivity (Wildman–Crippen MR) is 108 cm³/mol. The van der Waals surface area contributed by atoms with Crippen molar-refractivity contribution in [3.63, 3.8) is 0 Å². The van der Waals surface area contributed by atoms with Gasteiger partial charge in [-0.15, -0.1) is 0 Å². The summed E-state index contributed by atoms with van der Waals surface area (Å²) in [7, 11) is 1.75. The number of aryl methyl sites for hydroxylation is 2. The zero-order valence-corrected chi connectivity index (χ0v) is 17.1. The number of carbonyl (C=O) groups is 2. The maximum absolute atomic E-state index is 13.2. The first-order valence-electron chi connectivity index (χ1n) is 9.75. The molecule has 30 heavy (non-hydrogen) atoms. The average Bonchev–Trinajstić information content (AvgIpc) is 3.39. The number of furan rings is 1. The summed E-state index contributed by atoms with van der Waals surface area (Å²) < 4.78 is 20.3. The first-order valence-corrected chi connectivity index (χ1v) is 9.75. The Morgan fingerprint density at radius 2 is 2.03 bits per heavy atom. The number of carbonyl (C=O) groups excluding carboxylic acids is 2. The average molecular weight is 410 g/mol. The van der Waals surface area contributed by atoms with Crippen molar-refractivity contribution < 1.29 is 18.4 Å². The molecule has 0 saturated carbocycles. The summed E-state index contributed by atoms with van der Waals surface area (Å²) in [6.45, 7) is 3.95. The summed E-state index contributed by atoms with van der Waals surface area (Å²) in [5.41, 5.74) is 2.36. The number of nitrogens with one attached hydrogen (secondary N) is 1. The van der Waals surface area contributed by atoms with Crippen LogP contribution in [0.3, 0.4) is 0 Å². The van der Waals surface area contributed by atoms with E-state index >= 15 is 0 Å². The molecule has 0 unspecified atom stereocenters. The van der Waals surface area contributed by atoms with E-state index in [9.17, 15) is 14.0 Å². The van der Waals surface area contributed by atoms with Gasteiger partial charge in [0.15, 0.2) is 5.76 Å². The van der Waals surface area contributed by atoms with Crippen molar-refractivity contribution in [1.82, 2.24) is 20.0 Å². The summed E-state index contributed by atoms with van der Waals surface area (Å²) >= 11 is 0. The van der Waals surface area contributed by atoms with Gasteiger partial charge in [-0.3, -0.25) is 9.59 Å². The largest absolute Gasteiger partial charge is 0.456 e. The highest BCUT2D eigenvalue weighted by Crippen LogP contribution is 2.36. The van der Waals surface area contributed by atoms with Crippen LogP contribution in [0.15, 0.2) is 47.1 Å². The van der Waals surface area contributed by atoms with Crippen LogP contribution in [0.1, 0.15) is 39.9 Å². The van der Waals surface area contributed by atoms with Gasteiger partial charge in [0.2, 0.25) is 5.91 Å². The molecule has 3 aromatic rings. The fourth-order valence-electron chi connectivity index (χ4n) is 4.03. The quantitative estimate of drug-likeness (QED) is 0.701. The third kappa shape index (κ3) is 3.72.